The lowest BCUT2D eigenvalue weighted by molar-refractivity contribution is 0.808. The smallest absolute Gasteiger partial charge is 0.197 e. The highest BCUT2D eigenvalue weighted by molar-refractivity contribution is 9.10. The van der Waals surface area contributed by atoms with E-state index in [0.29, 0.717) is 10.7 Å². The molecule has 0 aliphatic rings. The molecule has 2 nitrogen and oxygen atoms in total. The van der Waals surface area contributed by atoms with E-state index in [4.69, 9.17) is 0 Å². The molecule has 2 aromatic rings. The quantitative estimate of drug-likeness (QED) is 0.776. The van der Waals surface area contributed by atoms with Gasteiger partial charge in [0.2, 0.25) is 0 Å². The van der Waals surface area contributed by atoms with E-state index in [0.717, 1.165) is 11.4 Å². The van der Waals surface area contributed by atoms with Gasteiger partial charge in [-0.05, 0) is 39.4 Å². The Morgan fingerprint density at radius 1 is 1.33 bits per heavy atom. The number of aromatic nitrogens is 2. The monoisotopic (exact) mass is 282 g/mol. The van der Waals surface area contributed by atoms with Crippen LogP contribution in [-0.2, 0) is 0 Å². The average molecular weight is 283 g/mol. The van der Waals surface area contributed by atoms with Crippen molar-refractivity contribution in [3.8, 4) is 10.6 Å². The van der Waals surface area contributed by atoms with E-state index < -0.39 is 0 Å². The molecular weight excluding hydrogens is 272 g/mol. The molecule has 0 amide bonds. The highest BCUT2D eigenvalue weighted by atomic mass is 79.9. The van der Waals surface area contributed by atoms with E-state index in [1.54, 1.807) is 11.3 Å². The molecule has 0 atom stereocenters. The maximum Gasteiger partial charge on any atom is 0.197 e. The van der Waals surface area contributed by atoms with E-state index in [2.05, 4.69) is 57.3 Å². The van der Waals surface area contributed by atoms with Crippen LogP contribution >= 0.6 is 27.3 Å². The average Bonchev–Trinajstić information content (AvgIpc) is 2.69. The number of halogens is 1. The van der Waals surface area contributed by atoms with Crippen molar-refractivity contribution < 1.29 is 0 Å². The van der Waals surface area contributed by atoms with Crippen LogP contribution in [-0.4, -0.2) is 9.97 Å². The van der Waals surface area contributed by atoms with Gasteiger partial charge in [-0.1, -0.05) is 19.9 Å². The molecule has 0 bridgehead atoms. The van der Waals surface area contributed by atoms with Crippen LogP contribution < -0.4 is 0 Å². The topological polar surface area (TPSA) is 25.8 Å². The van der Waals surface area contributed by atoms with Crippen LogP contribution in [0, 0.1) is 0 Å². The molecule has 0 unspecified atom stereocenters. The van der Waals surface area contributed by atoms with E-state index >= 15 is 0 Å². The van der Waals surface area contributed by atoms with Crippen molar-refractivity contribution in [1.82, 2.24) is 9.97 Å². The van der Waals surface area contributed by atoms with Gasteiger partial charge in [-0.15, -0.1) is 11.3 Å². The molecule has 0 aliphatic carbocycles. The minimum atomic E-state index is 0.419. The van der Waals surface area contributed by atoms with Gasteiger partial charge in [-0.3, -0.25) is 0 Å². The summed E-state index contributed by atoms with van der Waals surface area (Å²) < 4.78 is 0.664. The van der Waals surface area contributed by atoms with Crippen LogP contribution in [0.4, 0.5) is 0 Å². The Kier molecular flexibility index (Phi) is 3.17. The Hall–Kier alpha value is -0.740. The summed E-state index contributed by atoms with van der Waals surface area (Å²) in [6, 6.07) is 6.16. The first kappa shape index (κ1) is 10.8. The molecule has 2 heterocycles. The molecule has 0 N–H and O–H groups in total. The zero-order valence-electron chi connectivity index (χ0n) is 8.57. The molecule has 0 aromatic carbocycles. The second-order valence-corrected chi connectivity index (χ2v) is 5.24. The largest absolute Gasteiger partial charge is 0.227 e. The lowest BCUT2D eigenvalue weighted by Gasteiger charge is -2.06. The summed E-state index contributed by atoms with van der Waals surface area (Å²) in [7, 11) is 0. The molecule has 0 fully saturated rings. The summed E-state index contributed by atoms with van der Waals surface area (Å²) in [4.78, 5) is 9.91. The molecule has 0 saturated heterocycles. The van der Waals surface area contributed by atoms with Gasteiger partial charge in [0, 0.05) is 5.69 Å². The maximum atomic E-state index is 4.37. The van der Waals surface area contributed by atoms with Crippen LogP contribution in [0.2, 0.25) is 0 Å². The summed E-state index contributed by atoms with van der Waals surface area (Å²) in [5.41, 5.74) is 2.07. The van der Waals surface area contributed by atoms with E-state index in [1.165, 1.54) is 4.88 Å². The number of hydrogen-bond donors (Lipinski definition) is 0. The van der Waals surface area contributed by atoms with Crippen molar-refractivity contribution in [2.45, 2.75) is 19.8 Å². The molecule has 0 spiro atoms. The summed E-state index contributed by atoms with van der Waals surface area (Å²) in [5, 5.41) is 2.06. The molecule has 0 radical (unpaired) electrons. The SMILES string of the molecule is CC(C)c1cc(-c2cccs2)nc(Br)n1. The van der Waals surface area contributed by atoms with Crippen LogP contribution in [0.3, 0.4) is 0 Å². The number of nitrogens with zero attached hydrogens (tertiary/aromatic N) is 2. The zero-order valence-corrected chi connectivity index (χ0v) is 11.0. The first-order valence-electron chi connectivity index (χ1n) is 4.75. The third-order valence-electron chi connectivity index (χ3n) is 2.08. The number of hydrogen-bond acceptors (Lipinski definition) is 3. The molecule has 15 heavy (non-hydrogen) atoms. The highest BCUT2D eigenvalue weighted by Gasteiger charge is 2.08. The van der Waals surface area contributed by atoms with Crippen LogP contribution in [0.15, 0.2) is 28.3 Å². The van der Waals surface area contributed by atoms with Crippen molar-refractivity contribution >= 4 is 27.3 Å². The Morgan fingerprint density at radius 2 is 2.13 bits per heavy atom. The fourth-order valence-corrected chi connectivity index (χ4v) is 2.36. The second-order valence-electron chi connectivity index (χ2n) is 3.58. The van der Waals surface area contributed by atoms with Gasteiger partial charge >= 0.3 is 0 Å². The molecule has 2 aromatic heterocycles. The van der Waals surface area contributed by atoms with Crippen molar-refractivity contribution in [3.05, 3.63) is 34.0 Å². The molecule has 0 aliphatic heterocycles. The lowest BCUT2D eigenvalue weighted by atomic mass is 10.1. The highest BCUT2D eigenvalue weighted by Crippen LogP contribution is 2.26. The fourth-order valence-electron chi connectivity index (χ4n) is 1.28. The van der Waals surface area contributed by atoms with Crippen molar-refractivity contribution in [1.29, 1.82) is 0 Å². The minimum absolute atomic E-state index is 0.419. The Morgan fingerprint density at radius 3 is 2.73 bits per heavy atom. The summed E-state index contributed by atoms with van der Waals surface area (Å²) in [6.45, 7) is 4.26. The normalized spacial score (nSPS) is 10.9. The molecule has 0 saturated carbocycles. The van der Waals surface area contributed by atoms with Crippen molar-refractivity contribution in [3.63, 3.8) is 0 Å². The first-order chi connectivity index (χ1) is 7.16. The Labute approximate surface area is 102 Å². The summed E-state index contributed by atoms with van der Waals surface area (Å²) >= 11 is 5.04. The van der Waals surface area contributed by atoms with E-state index in [-0.39, 0.29) is 0 Å². The fraction of sp³-hybridized carbons (Fsp3) is 0.273. The maximum absolute atomic E-state index is 4.37. The standard InChI is InChI=1S/C11H11BrN2S/c1-7(2)8-6-9(14-11(12)13-8)10-4-3-5-15-10/h3-7H,1-2H3. The second kappa shape index (κ2) is 4.41. The van der Waals surface area contributed by atoms with Crippen LogP contribution in [0.25, 0.3) is 10.6 Å². The van der Waals surface area contributed by atoms with Gasteiger partial charge in [0.25, 0.3) is 0 Å². The van der Waals surface area contributed by atoms with Crippen LogP contribution in [0.5, 0.6) is 0 Å². The Bertz CT molecular complexity index is 452. The van der Waals surface area contributed by atoms with Gasteiger partial charge in [0.15, 0.2) is 4.73 Å². The molecular formula is C11H11BrN2S. The van der Waals surface area contributed by atoms with Crippen molar-refractivity contribution in [2.75, 3.05) is 0 Å². The molecule has 4 heteroatoms. The third-order valence-corrected chi connectivity index (χ3v) is 3.33. The first-order valence-corrected chi connectivity index (χ1v) is 6.42. The van der Waals surface area contributed by atoms with E-state index in [9.17, 15) is 0 Å². The van der Waals surface area contributed by atoms with Crippen LogP contribution in [0.1, 0.15) is 25.5 Å². The predicted octanol–water partition coefficient (Wildman–Crippen LogP) is 4.09. The minimum Gasteiger partial charge on any atom is -0.227 e. The van der Waals surface area contributed by atoms with Gasteiger partial charge in [-0.25, -0.2) is 9.97 Å². The number of thiophene rings is 1. The Balaban J connectivity index is 2.49. The van der Waals surface area contributed by atoms with E-state index in [1.807, 2.05) is 6.07 Å². The predicted molar refractivity (Wildman–Crippen MR) is 67.1 cm³/mol. The zero-order chi connectivity index (χ0) is 10.8. The summed E-state index contributed by atoms with van der Waals surface area (Å²) in [6.07, 6.45) is 0. The lowest BCUT2D eigenvalue weighted by Crippen LogP contribution is -1.96. The number of rotatable bonds is 2. The molecule has 78 valence electrons. The third kappa shape index (κ3) is 2.44. The molecule has 2 rings (SSSR count). The summed E-state index contributed by atoms with van der Waals surface area (Å²) in [5.74, 6) is 0.419. The van der Waals surface area contributed by atoms with Gasteiger partial charge in [0.05, 0.1) is 10.6 Å². The van der Waals surface area contributed by atoms with Crippen molar-refractivity contribution in [2.24, 2.45) is 0 Å². The van der Waals surface area contributed by atoms with Gasteiger partial charge in [-0.2, -0.15) is 0 Å². The van der Waals surface area contributed by atoms with Gasteiger partial charge < -0.3 is 0 Å². The van der Waals surface area contributed by atoms with Gasteiger partial charge in [0.1, 0.15) is 0 Å².